The highest BCUT2D eigenvalue weighted by atomic mass is 35.5. The molecule has 1 aliphatic rings. The van der Waals surface area contributed by atoms with Crippen LogP contribution in [0.15, 0.2) is 60.8 Å². The molecule has 2 atom stereocenters. The Kier molecular flexibility index (Phi) is 7.21. The number of ether oxygens (including phenoxy) is 1. The van der Waals surface area contributed by atoms with Crippen molar-refractivity contribution in [1.29, 1.82) is 0 Å². The molecule has 1 aromatic heterocycles. The van der Waals surface area contributed by atoms with Crippen molar-refractivity contribution in [3.05, 3.63) is 76.9 Å². The molecule has 0 radical (unpaired) electrons. The Labute approximate surface area is 200 Å². The zero-order valence-corrected chi connectivity index (χ0v) is 20.6. The average molecular weight is 489 g/mol. The molecule has 1 fully saturated rings. The van der Waals surface area contributed by atoms with Gasteiger partial charge in [-0.05, 0) is 25.5 Å². The maximum Gasteiger partial charge on any atom is 0.282 e. The third-order valence-corrected chi connectivity index (χ3v) is 7.91. The van der Waals surface area contributed by atoms with Crippen LogP contribution in [0.2, 0.25) is 5.02 Å². The Morgan fingerprint density at radius 2 is 1.67 bits per heavy atom. The number of rotatable bonds is 7. The first-order valence-electron chi connectivity index (χ1n) is 11.0. The number of hydrogen-bond donors (Lipinski definition) is 0. The molecular formula is C24H29ClN4O3S. The van der Waals surface area contributed by atoms with Crippen LogP contribution in [0, 0.1) is 0 Å². The van der Waals surface area contributed by atoms with E-state index in [2.05, 4.69) is 0 Å². The zero-order chi connectivity index (χ0) is 23.6. The highest BCUT2D eigenvalue weighted by Gasteiger charge is 2.34. The van der Waals surface area contributed by atoms with Crippen LogP contribution < -0.4 is 0 Å². The minimum Gasteiger partial charge on any atom is -0.373 e. The first kappa shape index (κ1) is 23.9. The van der Waals surface area contributed by atoms with E-state index < -0.39 is 10.2 Å². The van der Waals surface area contributed by atoms with E-state index in [9.17, 15) is 8.42 Å². The Hall–Kier alpha value is -2.23. The van der Waals surface area contributed by atoms with Gasteiger partial charge in [-0.3, -0.25) is 4.68 Å². The molecule has 3 aromatic rings. The molecule has 176 valence electrons. The van der Waals surface area contributed by atoms with Crippen molar-refractivity contribution < 1.29 is 13.2 Å². The summed E-state index contributed by atoms with van der Waals surface area (Å²) in [5, 5.41) is 5.46. The van der Waals surface area contributed by atoms with Gasteiger partial charge in [-0.2, -0.15) is 22.1 Å². The topological polar surface area (TPSA) is 67.7 Å². The lowest BCUT2D eigenvalue weighted by Gasteiger charge is -2.36. The van der Waals surface area contributed by atoms with Gasteiger partial charge in [0.05, 0.1) is 24.4 Å². The normalized spacial score (nSPS) is 19.8. The van der Waals surface area contributed by atoms with Crippen molar-refractivity contribution in [2.45, 2.75) is 39.1 Å². The van der Waals surface area contributed by atoms with E-state index in [1.165, 1.54) is 8.61 Å². The fourth-order valence-electron chi connectivity index (χ4n) is 4.14. The number of nitrogens with zero attached hydrogens (tertiary/aromatic N) is 4. The van der Waals surface area contributed by atoms with Gasteiger partial charge in [-0.1, -0.05) is 60.1 Å². The second-order valence-corrected chi connectivity index (χ2v) is 10.9. The molecule has 0 aliphatic carbocycles. The predicted molar refractivity (Wildman–Crippen MR) is 130 cm³/mol. The highest BCUT2D eigenvalue weighted by molar-refractivity contribution is 7.86. The molecule has 1 saturated heterocycles. The highest BCUT2D eigenvalue weighted by Crippen LogP contribution is 2.26. The summed E-state index contributed by atoms with van der Waals surface area (Å²) >= 11 is 6.35. The summed E-state index contributed by atoms with van der Waals surface area (Å²) in [6.45, 7) is 5.17. The standard InChI is InChI=1S/C24H29ClN4O3S/c1-18-13-29(14-19(2)32-18)33(30,31)27(3)15-22-17-28(16-21-11-7-8-12-23(21)25)26-24(22)20-9-5-4-6-10-20/h4-12,17-19H,13-16H2,1-3H3/t18-,19-/m1/s1. The second kappa shape index (κ2) is 9.95. The molecule has 0 unspecified atom stereocenters. The lowest BCUT2D eigenvalue weighted by atomic mass is 10.1. The van der Waals surface area contributed by atoms with Crippen molar-refractivity contribution in [2.24, 2.45) is 0 Å². The van der Waals surface area contributed by atoms with Crippen molar-refractivity contribution >= 4 is 21.8 Å². The number of aromatic nitrogens is 2. The summed E-state index contributed by atoms with van der Waals surface area (Å²) in [7, 11) is -2.04. The molecule has 2 heterocycles. The molecule has 4 rings (SSSR count). The number of morpholine rings is 1. The smallest absolute Gasteiger partial charge is 0.282 e. The van der Waals surface area contributed by atoms with Crippen LogP contribution in [-0.2, 0) is 28.0 Å². The van der Waals surface area contributed by atoms with Gasteiger partial charge in [0.25, 0.3) is 10.2 Å². The lowest BCUT2D eigenvalue weighted by Crippen LogP contribution is -2.52. The quantitative estimate of drug-likeness (QED) is 0.503. The third-order valence-electron chi connectivity index (χ3n) is 5.67. The van der Waals surface area contributed by atoms with E-state index >= 15 is 0 Å². The number of halogens is 1. The van der Waals surface area contributed by atoms with E-state index in [-0.39, 0.29) is 18.8 Å². The monoisotopic (exact) mass is 488 g/mol. The van der Waals surface area contributed by atoms with Crippen LogP contribution in [0.3, 0.4) is 0 Å². The van der Waals surface area contributed by atoms with Gasteiger partial charge in [0, 0.05) is 49.0 Å². The van der Waals surface area contributed by atoms with Crippen LogP contribution in [0.5, 0.6) is 0 Å². The van der Waals surface area contributed by atoms with Crippen molar-refractivity contribution in [3.8, 4) is 11.3 Å². The Balaban J connectivity index is 1.63. The van der Waals surface area contributed by atoms with Crippen LogP contribution >= 0.6 is 11.6 Å². The van der Waals surface area contributed by atoms with Gasteiger partial charge < -0.3 is 4.74 Å². The van der Waals surface area contributed by atoms with Gasteiger partial charge in [-0.15, -0.1) is 0 Å². The maximum absolute atomic E-state index is 13.3. The largest absolute Gasteiger partial charge is 0.373 e. The predicted octanol–water partition coefficient (Wildman–Crippen LogP) is 4.04. The Morgan fingerprint density at radius 3 is 2.33 bits per heavy atom. The molecule has 33 heavy (non-hydrogen) atoms. The summed E-state index contributed by atoms with van der Waals surface area (Å²) < 4.78 is 37.1. The van der Waals surface area contributed by atoms with Crippen molar-refractivity contribution in [3.63, 3.8) is 0 Å². The van der Waals surface area contributed by atoms with Gasteiger partial charge in [0.2, 0.25) is 0 Å². The minimum atomic E-state index is -3.65. The van der Waals surface area contributed by atoms with Crippen LogP contribution in [0.25, 0.3) is 11.3 Å². The van der Waals surface area contributed by atoms with E-state index in [0.29, 0.717) is 24.7 Å². The van der Waals surface area contributed by atoms with Gasteiger partial charge in [-0.25, -0.2) is 0 Å². The zero-order valence-electron chi connectivity index (χ0n) is 19.1. The van der Waals surface area contributed by atoms with E-state index in [4.69, 9.17) is 21.4 Å². The van der Waals surface area contributed by atoms with E-state index in [1.807, 2.05) is 79.3 Å². The number of benzene rings is 2. The van der Waals surface area contributed by atoms with Gasteiger partial charge in [0.1, 0.15) is 0 Å². The molecule has 2 aromatic carbocycles. The molecule has 7 nitrogen and oxygen atoms in total. The van der Waals surface area contributed by atoms with Crippen molar-refractivity contribution in [2.75, 3.05) is 20.1 Å². The molecule has 0 saturated carbocycles. The molecule has 0 amide bonds. The fourth-order valence-corrected chi connectivity index (χ4v) is 5.83. The Morgan fingerprint density at radius 1 is 1.03 bits per heavy atom. The first-order valence-corrected chi connectivity index (χ1v) is 12.7. The number of hydrogen-bond acceptors (Lipinski definition) is 4. The fraction of sp³-hybridized carbons (Fsp3) is 0.375. The summed E-state index contributed by atoms with van der Waals surface area (Å²) in [5.41, 5.74) is 3.47. The third kappa shape index (κ3) is 5.47. The average Bonchev–Trinajstić information content (AvgIpc) is 3.17. The summed E-state index contributed by atoms with van der Waals surface area (Å²) in [6, 6.07) is 17.4. The van der Waals surface area contributed by atoms with Gasteiger partial charge >= 0.3 is 0 Å². The summed E-state index contributed by atoms with van der Waals surface area (Å²) in [5.74, 6) is 0. The van der Waals surface area contributed by atoms with E-state index in [1.54, 1.807) is 7.05 Å². The molecule has 1 aliphatic heterocycles. The SMILES string of the molecule is C[C@@H]1CN(S(=O)(=O)N(C)Cc2cn(Cc3ccccc3Cl)nc2-c2ccccc2)C[C@@H](C)O1. The molecule has 0 spiro atoms. The maximum atomic E-state index is 13.3. The van der Waals surface area contributed by atoms with E-state index in [0.717, 1.165) is 22.4 Å². The van der Waals surface area contributed by atoms with Crippen LogP contribution in [-0.4, -0.2) is 59.2 Å². The summed E-state index contributed by atoms with van der Waals surface area (Å²) in [6.07, 6.45) is 1.62. The van der Waals surface area contributed by atoms with Crippen LogP contribution in [0.4, 0.5) is 0 Å². The van der Waals surface area contributed by atoms with Crippen molar-refractivity contribution in [1.82, 2.24) is 18.4 Å². The first-order chi connectivity index (χ1) is 15.7. The minimum absolute atomic E-state index is 0.143. The molecule has 9 heteroatoms. The molecular weight excluding hydrogens is 460 g/mol. The van der Waals surface area contributed by atoms with Crippen LogP contribution in [0.1, 0.15) is 25.0 Å². The molecule has 0 bridgehead atoms. The Bertz CT molecular complexity index is 1190. The molecule has 0 N–H and O–H groups in total. The lowest BCUT2D eigenvalue weighted by molar-refractivity contribution is -0.0453. The van der Waals surface area contributed by atoms with Gasteiger partial charge in [0.15, 0.2) is 0 Å². The second-order valence-electron chi connectivity index (χ2n) is 8.50. The summed E-state index contributed by atoms with van der Waals surface area (Å²) in [4.78, 5) is 0.